The Kier molecular flexibility index (Phi) is 7.68. The summed E-state index contributed by atoms with van der Waals surface area (Å²) < 4.78 is 22.9. The molecule has 2 fully saturated rings. The topological polar surface area (TPSA) is 41.3 Å². The van der Waals surface area contributed by atoms with E-state index in [4.69, 9.17) is 25.1 Å². The molecule has 0 saturated carbocycles. The summed E-state index contributed by atoms with van der Waals surface area (Å²) in [5.41, 5.74) is -0.480. The van der Waals surface area contributed by atoms with Crippen LogP contribution < -0.4 is 0 Å². The molecule has 110 valence electrons. The van der Waals surface area contributed by atoms with Crippen molar-refractivity contribution in [2.45, 2.75) is 24.7 Å². The third-order valence-electron chi connectivity index (χ3n) is 3.57. The zero-order valence-electron chi connectivity index (χ0n) is 11.7. The van der Waals surface area contributed by atoms with Crippen LogP contribution in [0, 0.1) is 50.2 Å². The molecule has 0 spiro atoms. The monoisotopic (exact) mass is 522 g/mol. The van der Waals surface area contributed by atoms with Gasteiger partial charge in [0.05, 0.1) is 18.3 Å². The van der Waals surface area contributed by atoms with E-state index in [1.54, 1.807) is 6.61 Å². The van der Waals surface area contributed by atoms with Crippen molar-refractivity contribution >= 4 is 8.38 Å². The average Bonchev–Trinajstić information content (AvgIpc) is 2.94. The summed E-state index contributed by atoms with van der Waals surface area (Å²) in [6.45, 7) is 17.5. The van der Waals surface area contributed by atoms with Gasteiger partial charge >= 0.3 is 0 Å². The minimum Gasteiger partial charge on any atom is -0.541 e. The van der Waals surface area contributed by atoms with Gasteiger partial charge in [0.25, 0.3) is 0 Å². The molecule has 0 aliphatic carbocycles. The summed E-state index contributed by atoms with van der Waals surface area (Å²) >= 11 is 0. The van der Waals surface area contributed by atoms with Gasteiger partial charge in [0.2, 0.25) is 6.54 Å². The third-order valence-corrected chi connectivity index (χ3v) is 4.64. The Labute approximate surface area is 145 Å². The molecule has 0 amide bonds. The zero-order valence-corrected chi connectivity index (χ0v) is 16.8. The summed E-state index contributed by atoms with van der Waals surface area (Å²) in [6.07, 6.45) is 1.56. The Bertz CT molecular complexity index is 368. The van der Waals surface area contributed by atoms with Gasteiger partial charge in [-0.15, -0.1) is 6.58 Å². The van der Waals surface area contributed by atoms with E-state index >= 15 is 0 Å². The number of hydrogen-bond donors (Lipinski definition) is 0. The predicted octanol–water partition coefficient (Wildman–Crippen LogP) is 2.40. The van der Waals surface area contributed by atoms with Crippen molar-refractivity contribution in [1.82, 2.24) is 0 Å². The molecule has 2 saturated heterocycles. The van der Waals surface area contributed by atoms with E-state index in [0.717, 1.165) is 0 Å². The van der Waals surface area contributed by atoms with Gasteiger partial charge in [0.1, 0.15) is 6.61 Å². The van der Waals surface area contributed by atoms with Crippen molar-refractivity contribution in [1.29, 1.82) is 0 Å². The van der Waals surface area contributed by atoms with Crippen LogP contribution in [0.15, 0.2) is 12.7 Å². The summed E-state index contributed by atoms with van der Waals surface area (Å²) in [7, 11) is -1.04. The maximum absolute atomic E-state index is 6.71. The van der Waals surface area contributed by atoms with Crippen LogP contribution in [0.25, 0.3) is 4.85 Å². The molecule has 0 N–H and O–H groups in total. The second-order valence-corrected chi connectivity index (χ2v) is 6.04. The molecule has 7 heteroatoms. The molecule has 20 heavy (non-hydrogen) atoms. The molecule has 2 heterocycles. The van der Waals surface area contributed by atoms with Crippen molar-refractivity contribution in [2.24, 2.45) is 5.92 Å². The Morgan fingerprint density at radius 3 is 3.00 bits per heavy atom. The molecule has 2 aliphatic heterocycles. The van der Waals surface area contributed by atoms with Gasteiger partial charge in [-0.05, 0) is 6.10 Å². The van der Waals surface area contributed by atoms with E-state index in [9.17, 15) is 0 Å². The zero-order chi connectivity index (χ0) is 13.9. The van der Waals surface area contributed by atoms with Gasteiger partial charge in [-0.3, -0.25) is 0 Å². The molecule has 2 aliphatic rings. The van der Waals surface area contributed by atoms with Gasteiger partial charge in [-0.2, -0.15) is 6.61 Å². The van der Waals surface area contributed by atoms with Crippen molar-refractivity contribution in [3.8, 4) is 0 Å². The molecule has 0 aromatic rings. The average molecular weight is 522 g/mol. The Balaban J connectivity index is 0.00000200. The first-order valence-electron chi connectivity index (χ1n) is 6.26. The second-order valence-electron chi connectivity index (χ2n) is 4.69. The third kappa shape index (κ3) is 3.65. The minimum atomic E-state index is -1.04. The number of ether oxygens (including phenoxy) is 2. The number of hydrogen-bond acceptors (Lipinski definition) is 4. The number of rotatable bonds is 7. The maximum atomic E-state index is 6.71. The van der Waals surface area contributed by atoms with Gasteiger partial charge < -0.3 is 23.4 Å². The quantitative estimate of drug-likeness (QED) is 0.223. The molecule has 0 aromatic carbocycles. The second kappa shape index (κ2) is 8.25. The molecule has 2 bridgehead atoms. The van der Waals surface area contributed by atoms with Gasteiger partial charge in [-0.25, -0.2) is 6.57 Å². The predicted molar refractivity (Wildman–Crippen MR) is 72.4 cm³/mol. The van der Waals surface area contributed by atoms with Gasteiger partial charge in [0.15, 0.2) is 8.38 Å². The fraction of sp³-hybridized carbons (Fsp3) is 0.692. The summed E-state index contributed by atoms with van der Waals surface area (Å²) in [4.78, 5) is 3.25. The number of nitrogens with zero attached hydrogens (tertiary/aromatic N) is 1. The van der Waals surface area contributed by atoms with Crippen LogP contribution in [-0.4, -0.2) is 44.2 Å². The van der Waals surface area contributed by atoms with Crippen molar-refractivity contribution < 1.29 is 49.6 Å². The van der Waals surface area contributed by atoms with Gasteiger partial charge in [0, 0.05) is 43.7 Å². The largest absolute Gasteiger partial charge is 0.541 e. The van der Waals surface area contributed by atoms with E-state index in [0.29, 0.717) is 19.8 Å². The number of fused-ring (bicyclic) bond motifs is 2. The molecule has 1 unspecified atom stereocenters. The first kappa shape index (κ1) is 18.6. The molecule has 5 atom stereocenters. The smallest absolute Gasteiger partial charge is 0.238 e. The first-order chi connectivity index (χ1) is 9.14. The van der Waals surface area contributed by atoms with Crippen molar-refractivity contribution in [2.75, 3.05) is 26.4 Å². The summed E-state index contributed by atoms with van der Waals surface area (Å²) in [5, 5.41) is 0. The fourth-order valence-corrected chi connectivity index (χ4v) is 3.35. The van der Waals surface area contributed by atoms with E-state index in [-0.39, 0.29) is 49.2 Å². The summed E-state index contributed by atoms with van der Waals surface area (Å²) in [6, 6.07) is 0. The Morgan fingerprint density at radius 1 is 1.70 bits per heavy atom. The maximum Gasteiger partial charge on any atom is 0.238 e. The van der Waals surface area contributed by atoms with Crippen LogP contribution in [0.4, 0.5) is 0 Å². The van der Waals surface area contributed by atoms with Crippen molar-refractivity contribution in [3.05, 3.63) is 30.7 Å². The van der Waals surface area contributed by atoms with Crippen LogP contribution in [0.1, 0.15) is 6.92 Å². The minimum absolute atomic E-state index is 0. The van der Waals surface area contributed by atoms with E-state index in [1.165, 1.54) is 0 Å². The van der Waals surface area contributed by atoms with Crippen LogP contribution in [0.2, 0.25) is 0 Å². The fourth-order valence-electron chi connectivity index (χ4n) is 2.33. The standard InChI is InChI=1S/C13H19NO4P.U/c1-5-10(2)13-9-15-11(8-16-13)12(13)18-19(4)17-7-6-14-3;/h5,8,10-12H,1,6-7,9H2,2,4H3;/q-1;/t10-,11-,12-,13+,19?;/m0./s1. The normalized spacial score (nSPS) is 34.0. The molecule has 2 rings (SSSR count). The molecule has 0 radical (unpaired) electrons. The van der Waals surface area contributed by atoms with Crippen LogP contribution in [-0.2, 0) is 18.5 Å². The van der Waals surface area contributed by atoms with E-state index in [2.05, 4.69) is 11.4 Å². The molecule has 5 nitrogen and oxygen atoms in total. The SMILES string of the molecule is [C-]#[N+]CCOP(C)O[C@H]1[C@@H]2[CH-]O[C@@]1([C@@H](C)C=C)CO2.[U]. The Hall–Kier alpha value is 0.552. The van der Waals surface area contributed by atoms with Crippen LogP contribution >= 0.6 is 8.38 Å². The first-order valence-corrected chi connectivity index (χ1v) is 7.88. The molecule has 0 aromatic heterocycles. The van der Waals surface area contributed by atoms with Gasteiger partial charge in [-0.1, -0.05) is 13.0 Å². The molecular weight excluding hydrogens is 503 g/mol. The molecular formula is C13H19NO4PU-. The van der Waals surface area contributed by atoms with Crippen molar-refractivity contribution in [3.63, 3.8) is 0 Å². The van der Waals surface area contributed by atoms with Crippen LogP contribution in [0.5, 0.6) is 0 Å². The van der Waals surface area contributed by atoms with E-state index < -0.39 is 14.0 Å². The Morgan fingerprint density at radius 2 is 2.45 bits per heavy atom. The van der Waals surface area contributed by atoms with Crippen LogP contribution in [0.3, 0.4) is 0 Å². The summed E-state index contributed by atoms with van der Waals surface area (Å²) in [5.74, 6) is 0.132. The van der Waals surface area contributed by atoms with E-state index in [1.807, 2.05) is 19.7 Å².